The van der Waals surface area contributed by atoms with Gasteiger partial charge in [0, 0.05) is 13.1 Å². The van der Waals surface area contributed by atoms with Gasteiger partial charge in [-0.1, -0.05) is 6.92 Å². The fourth-order valence-corrected chi connectivity index (χ4v) is 3.10. The molecule has 2 fully saturated rings. The van der Waals surface area contributed by atoms with Crippen LogP contribution < -0.4 is 5.32 Å². The van der Waals surface area contributed by atoms with Gasteiger partial charge in [-0.05, 0) is 51.9 Å². The molecule has 1 N–H and O–H groups in total. The van der Waals surface area contributed by atoms with Crippen molar-refractivity contribution in [1.82, 2.24) is 15.1 Å². The quantitative estimate of drug-likeness (QED) is 0.800. The molecule has 1 amide bonds. The molecule has 0 radical (unpaired) electrons. The van der Waals surface area contributed by atoms with Crippen LogP contribution in [0.15, 0.2) is 0 Å². The molecule has 0 spiro atoms. The maximum atomic E-state index is 12.5. The first-order chi connectivity index (χ1) is 9.72. The summed E-state index contributed by atoms with van der Waals surface area (Å²) in [6.07, 6.45) is 2.40. The van der Waals surface area contributed by atoms with Gasteiger partial charge in [0.25, 0.3) is 0 Å². The molecule has 2 aliphatic heterocycles. The predicted octanol–water partition coefficient (Wildman–Crippen LogP) is 0.555. The zero-order chi connectivity index (χ0) is 14.4. The Labute approximate surface area is 122 Å². The van der Waals surface area contributed by atoms with Crippen LogP contribution in [0.3, 0.4) is 0 Å². The summed E-state index contributed by atoms with van der Waals surface area (Å²) in [6, 6.07) is 0.0215. The first kappa shape index (κ1) is 15.7. The number of nitrogens with zero attached hydrogens (tertiary/aromatic N) is 2. The molecule has 0 aromatic rings. The van der Waals surface area contributed by atoms with Crippen LogP contribution in [0.5, 0.6) is 0 Å². The standard InChI is InChI=1S/C15H29N3O2/c1-3-16-12-14-4-6-17(7-5-14)13(2)15(19)18-8-10-20-11-9-18/h13-14,16H,3-12H2,1-2H3. The summed E-state index contributed by atoms with van der Waals surface area (Å²) in [5, 5.41) is 3.43. The summed E-state index contributed by atoms with van der Waals surface area (Å²) < 4.78 is 5.31. The van der Waals surface area contributed by atoms with E-state index in [1.165, 1.54) is 12.8 Å². The van der Waals surface area contributed by atoms with Crippen molar-refractivity contribution < 1.29 is 9.53 Å². The molecule has 1 atom stereocenters. The number of ether oxygens (including phenoxy) is 1. The molecule has 116 valence electrons. The van der Waals surface area contributed by atoms with Crippen LogP contribution in [0, 0.1) is 5.92 Å². The normalized spacial score (nSPS) is 23.8. The molecule has 5 heteroatoms. The highest BCUT2D eigenvalue weighted by Gasteiger charge is 2.29. The highest BCUT2D eigenvalue weighted by Crippen LogP contribution is 2.19. The Morgan fingerprint density at radius 3 is 2.50 bits per heavy atom. The summed E-state index contributed by atoms with van der Waals surface area (Å²) in [7, 11) is 0. The second kappa shape index (κ2) is 7.96. The van der Waals surface area contributed by atoms with Gasteiger partial charge in [-0.3, -0.25) is 9.69 Å². The molecule has 5 nitrogen and oxygen atoms in total. The number of carbonyl (C=O) groups is 1. The first-order valence-electron chi connectivity index (χ1n) is 8.03. The van der Waals surface area contributed by atoms with Crippen molar-refractivity contribution >= 4 is 5.91 Å². The Morgan fingerprint density at radius 2 is 1.90 bits per heavy atom. The molecule has 20 heavy (non-hydrogen) atoms. The smallest absolute Gasteiger partial charge is 0.239 e. The fourth-order valence-electron chi connectivity index (χ4n) is 3.10. The van der Waals surface area contributed by atoms with E-state index >= 15 is 0 Å². The van der Waals surface area contributed by atoms with Crippen molar-refractivity contribution in [2.45, 2.75) is 32.7 Å². The number of nitrogens with one attached hydrogen (secondary N) is 1. The topological polar surface area (TPSA) is 44.8 Å². The van der Waals surface area contributed by atoms with Gasteiger partial charge in [0.1, 0.15) is 0 Å². The van der Waals surface area contributed by atoms with Gasteiger partial charge in [-0.25, -0.2) is 0 Å². The Bertz CT molecular complexity index is 297. The summed E-state index contributed by atoms with van der Waals surface area (Å²) >= 11 is 0. The van der Waals surface area contributed by atoms with Crippen LogP contribution in [0.4, 0.5) is 0 Å². The highest BCUT2D eigenvalue weighted by molar-refractivity contribution is 5.81. The molecule has 0 saturated carbocycles. The number of amides is 1. The lowest BCUT2D eigenvalue weighted by Gasteiger charge is -2.38. The van der Waals surface area contributed by atoms with Crippen molar-refractivity contribution in [3.05, 3.63) is 0 Å². The van der Waals surface area contributed by atoms with E-state index in [1.807, 2.05) is 4.90 Å². The SMILES string of the molecule is CCNCC1CCN(C(C)C(=O)N2CCOCC2)CC1. The van der Waals surface area contributed by atoms with Crippen molar-refractivity contribution in [1.29, 1.82) is 0 Å². The second-order valence-electron chi connectivity index (χ2n) is 5.90. The van der Waals surface area contributed by atoms with Crippen molar-refractivity contribution in [3.63, 3.8) is 0 Å². The van der Waals surface area contributed by atoms with E-state index in [1.54, 1.807) is 0 Å². The molecule has 0 aromatic heterocycles. The van der Waals surface area contributed by atoms with E-state index in [0.717, 1.165) is 45.2 Å². The Morgan fingerprint density at radius 1 is 1.25 bits per heavy atom. The second-order valence-corrected chi connectivity index (χ2v) is 5.90. The minimum absolute atomic E-state index is 0.0215. The Balaban J connectivity index is 1.75. The van der Waals surface area contributed by atoms with Crippen LogP contribution in [0.2, 0.25) is 0 Å². The van der Waals surface area contributed by atoms with Gasteiger partial charge in [0.05, 0.1) is 19.3 Å². The maximum Gasteiger partial charge on any atom is 0.239 e. The minimum atomic E-state index is 0.0215. The molecule has 0 bridgehead atoms. The van der Waals surface area contributed by atoms with Gasteiger partial charge in [-0.2, -0.15) is 0 Å². The van der Waals surface area contributed by atoms with E-state index in [4.69, 9.17) is 4.74 Å². The molecular weight excluding hydrogens is 254 g/mol. The maximum absolute atomic E-state index is 12.5. The number of carbonyl (C=O) groups excluding carboxylic acids is 1. The Kier molecular flexibility index (Phi) is 6.26. The third kappa shape index (κ3) is 4.17. The molecule has 0 aromatic carbocycles. The third-order valence-electron chi connectivity index (χ3n) is 4.56. The average molecular weight is 283 g/mol. The summed E-state index contributed by atoms with van der Waals surface area (Å²) in [5.74, 6) is 1.05. The van der Waals surface area contributed by atoms with Gasteiger partial charge < -0.3 is 15.0 Å². The van der Waals surface area contributed by atoms with Crippen LogP contribution in [0.1, 0.15) is 26.7 Å². The van der Waals surface area contributed by atoms with Crippen molar-refractivity contribution in [3.8, 4) is 0 Å². The molecule has 2 saturated heterocycles. The third-order valence-corrected chi connectivity index (χ3v) is 4.56. The lowest BCUT2D eigenvalue weighted by Crippen LogP contribution is -2.52. The van der Waals surface area contributed by atoms with Gasteiger partial charge >= 0.3 is 0 Å². The monoisotopic (exact) mass is 283 g/mol. The summed E-state index contributed by atoms with van der Waals surface area (Å²) in [6.45, 7) is 11.3. The summed E-state index contributed by atoms with van der Waals surface area (Å²) in [4.78, 5) is 16.8. The average Bonchev–Trinajstić information content (AvgIpc) is 2.53. The fraction of sp³-hybridized carbons (Fsp3) is 0.933. The molecule has 2 aliphatic rings. The van der Waals surface area contributed by atoms with Crippen LogP contribution >= 0.6 is 0 Å². The number of hydrogen-bond donors (Lipinski definition) is 1. The van der Waals surface area contributed by atoms with E-state index in [9.17, 15) is 4.79 Å². The predicted molar refractivity (Wildman–Crippen MR) is 79.7 cm³/mol. The van der Waals surface area contributed by atoms with Gasteiger partial charge in [0.15, 0.2) is 0 Å². The lowest BCUT2D eigenvalue weighted by atomic mass is 9.95. The minimum Gasteiger partial charge on any atom is -0.378 e. The van der Waals surface area contributed by atoms with Crippen molar-refractivity contribution in [2.75, 3.05) is 52.5 Å². The Hall–Kier alpha value is -0.650. The molecular formula is C15H29N3O2. The first-order valence-corrected chi connectivity index (χ1v) is 8.03. The lowest BCUT2D eigenvalue weighted by molar-refractivity contribution is -0.141. The molecule has 2 rings (SSSR count). The molecule has 0 aliphatic carbocycles. The van der Waals surface area contributed by atoms with Gasteiger partial charge in [0.2, 0.25) is 5.91 Å². The van der Waals surface area contributed by atoms with Gasteiger partial charge in [-0.15, -0.1) is 0 Å². The van der Waals surface area contributed by atoms with Crippen LogP contribution in [0.25, 0.3) is 0 Å². The van der Waals surface area contributed by atoms with E-state index in [2.05, 4.69) is 24.1 Å². The zero-order valence-electron chi connectivity index (χ0n) is 12.9. The van der Waals surface area contributed by atoms with E-state index in [-0.39, 0.29) is 11.9 Å². The summed E-state index contributed by atoms with van der Waals surface area (Å²) in [5.41, 5.74) is 0. The zero-order valence-corrected chi connectivity index (χ0v) is 12.9. The van der Waals surface area contributed by atoms with Crippen molar-refractivity contribution in [2.24, 2.45) is 5.92 Å². The molecule has 1 unspecified atom stereocenters. The highest BCUT2D eigenvalue weighted by atomic mass is 16.5. The number of morpholine rings is 1. The number of rotatable bonds is 5. The van der Waals surface area contributed by atoms with E-state index in [0.29, 0.717) is 13.2 Å². The largest absolute Gasteiger partial charge is 0.378 e. The number of hydrogen-bond acceptors (Lipinski definition) is 4. The number of likely N-dealkylation sites (tertiary alicyclic amines) is 1. The van der Waals surface area contributed by atoms with Crippen LogP contribution in [-0.2, 0) is 9.53 Å². The van der Waals surface area contributed by atoms with E-state index < -0.39 is 0 Å². The molecule has 2 heterocycles. The van der Waals surface area contributed by atoms with Crippen LogP contribution in [-0.4, -0.2) is 74.2 Å². The number of piperidine rings is 1.